The van der Waals surface area contributed by atoms with E-state index in [4.69, 9.17) is 23.2 Å². The molecule has 1 aliphatic rings. The summed E-state index contributed by atoms with van der Waals surface area (Å²) in [6, 6.07) is 14.6. The summed E-state index contributed by atoms with van der Waals surface area (Å²) in [6.45, 7) is 2.46. The fourth-order valence-corrected chi connectivity index (χ4v) is 3.94. The number of Topliss-reactive ketones (excluding diaryl/α,β-unsaturated/α-hetero) is 1. The number of aliphatic hydroxyl groups is 1. The largest absolute Gasteiger partial charge is 0.385 e. The van der Waals surface area contributed by atoms with Gasteiger partial charge in [-0.2, -0.15) is 0 Å². The van der Waals surface area contributed by atoms with Crippen LogP contribution in [-0.4, -0.2) is 35.4 Å². The van der Waals surface area contributed by atoms with Gasteiger partial charge in [0.05, 0.1) is 5.60 Å². The molecule has 138 valence electrons. The molecule has 1 fully saturated rings. The van der Waals surface area contributed by atoms with Crippen molar-refractivity contribution in [3.05, 3.63) is 69.7 Å². The highest BCUT2D eigenvalue weighted by Crippen LogP contribution is 2.36. The molecule has 26 heavy (non-hydrogen) atoms. The minimum absolute atomic E-state index is 0.145. The summed E-state index contributed by atoms with van der Waals surface area (Å²) in [5, 5.41) is 12.2. The second kappa shape index (κ2) is 8.53. The van der Waals surface area contributed by atoms with E-state index in [2.05, 4.69) is 4.90 Å². The van der Waals surface area contributed by atoms with Gasteiger partial charge < -0.3 is 10.0 Å². The van der Waals surface area contributed by atoms with Crippen LogP contribution in [0.15, 0.2) is 48.5 Å². The third kappa shape index (κ3) is 4.66. The zero-order valence-electron chi connectivity index (χ0n) is 14.6. The van der Waals surface area contributed by atoms with E-state index in [0.717, 1.165) is 31.6 Å². The molecule has 3 nitrogen and oxygen atoms in total. The highest BCUT2D eigenvalue weighted by atomic mass is 35.5. The summed E-state index contributed by atoms with van der Waals surface area (Å²) >= 11 is 12.1. The molecule has 3 rings (SSSR count). The van der Waals surface area contributed by atoms with Crippen LogP contribution < -0.4 is 0 Å². The Bertz CT molecular complexity index is 753. The maximum absolute atomic E-state index is 12.2. The van der Waals surface area contributed by atoms with Crippen molar-refractivity contribution in [1.82, 2.24) is 4.90 Å². The monoisotopic (exact) mass is 391 g/mol. The van der Waals surface area contributed by atoms with Gasteiger partial charge in [-0.1, -0.05) is 41.4 Å². The van der Waals surface area contributed by atoms with E-state index < -0.39 is 5.60 Å². The summed E-state index contributed by atoms with van der Waals surface area (Å²) in [6.07, 6.45) is 2.64. The summed E-state index contributed by atoms with van der Waals surface area (Å²) in [5.41, 5.74) is 0.675. The van der Waals surface area contributed by atoms with E-state index in [1.807, 2.05) is 24.3 Å². The second-order valence-corrected chi connectivity index (χ2v) is 7.73. The smallest absolute Gasteiger partial charge is 0.162 e. The van der Waals surface area contributed by atoms with Crippen molar-refractivity contribution < 1.29 is 9.90 Å². The van der Waals surface area contributed by atoms with Crippen LogP contribution in [0, 0.1) is 0 Å². The van der Waals surface area contributed by atoms with E-state index in [1.165, 1.54) is 0 Å². The summed E-state index contributed by atoms with van der Waals surface area (Å²) < 4.78 is 0. The molecule has 0 saturated carbocycles. The number of hydrogen-bond acceptors (Lipinski definition) is 3. The van der Waals surface area contributed by atoms with Gasteiger partial charge in [0.2, 0.25) is 0 Å². The van der Waals surface area contributed by atoms with E-state index in [1.54, 1.807) is 24.3 Å². The minimum Gasteiger partial charge on any atom is -0.385 e. The molecule has 0 unspecified atom stereocenters. The first-order valence-electron chi connectivity index (χ1n) is 8.96. The van der Waals surface area contributed by atoms with Gasteiger partial charge >= 0.3 is 0 Å². The van der Waals surface area contributed by atoms with E-state index >= 15 is 0 Å². The Hall–Kier alpha value is -1.39. The van der Waals surface area contributed by atoms with Crippen LogP contribution in [0.5, 0.6) is 0 Å². The van der Waals surface area contributed by atoms with Gasteiger partial charge in [0.15, 0.2) is 5.78 Å². The zero-order chi connectivity index (χ0) is 18.6. The molecular weight excluding hydrogens is 369 g/mol. The van der Waals surface area contributed by atoms with Crippen LogP contribution >= 0.6 is 23.2 Å². The standard InChI is InChI=1S/C21H23Cl2NO2/c22-17-9-7-16(8-10-17)20(25)6-3-13-24-14-11-21(26,12-15-24)18-4-1-2-5-19(18)23/h1-2,4-5,7-10,26H,3,6,11-15H2. The van der Waals surface area contributed by atoms with Gasteiger partial charge in [0.25, 0.3) is 0 Å². The van der Waals surface area contributed by atoms with Crippen molar-refractivity contribution >= 4 is 29.0 Å². The van der Waals surface area contributed by atoms with Crippen molar-refractivity contribution in [2.45, 2.75) is 31.3 Å². The first-order valence-corrected chi connectivity index (χ1v) is 9.72. The predicted octanol–water partition coefficient (Wildman–Crippen LogP) is 4.94. The maximum Gasteiger partial charge on any atom is 0.162 e. The molecule has 0 aliphatic carbocycles. The lowest BCUT2D eigenvalue weighted by molar-refractivity contribution is -0.0259. The molecule has 0 radical (unpaired) electrons. The normalized spacial score (nSPS) is 17.2. The highest BCUT2D eigenvalue weighted by molar-refractivity contribution is 6.31. The van der Waals surface area contributed by atoms with Crippen LogP contribution in [0.3, 0.4) is 0 Å². The number of ketones is 1. The van der Waals surface area contributed by atoms with Crippen molar-refractivity contribution in [1.29, 1.82) is 0 Å². The molecule has 5 heteroatoms. The first kappa shape index (κ1) is 19.4. The molecule has 0 spiro atoms. The lowest BCUT2D eigenvalue weighted by atomic mass is 9.84. The van der Waals surface area contributed by atoms with Gasteiger partial charge in [0, 0.05) is 40.7 Å². The Morgan fingerprint density at radius 3 is 2.35 bits per heavy atom. The average molecular weight is 392 g/mol. The average Bonchev–Trinajstić information content (AvgIpc) is 2.64. The van der Waals surface area contributed by atoms with Crippen LogP contribution in [-0.2, 0) is 5.60 Å². The third-order valence-electron chi connectivity index (χ3n) is 5.10. The Morgan fingerprint density at radius 2 is 1.69 bits per heavy atom. The van der Waals surface area contributed by atoms with Crippen molar-refractivity contribution in [2.24, 2.45) is 0 Å². The summed E-state index contributed by atoms with van der Waals surface area (Å²) in [4.78, 5) is 14.5. The van der Waals surface area contributed by atoms with Gasteiger partial charge in [-0.3, -0.25) is 4.79 Å². The number of halogens is 2. The Kier molecular flexibility index (Phi) is 6.36. The third-order valence-corrected chi connectivity index (χ3v) is 5.68. The Labute approximate surface area is 164 Å². The van der Waals surface area contributed by atoms with Crippen molar-refractivity contribution in [3.63, 3.8) is 0 Å². The number of carbonyl (C=O) groups excluding carboxylic acids is 1. The molecule has 0 bridgehead atoms. The quantitative estimate of drug-likeness (QED) is 0.708. The Balaban J connectivity index is 1.46. The number of rotatable bonds is 6. The number of likely N-dealkylation sites (tertiary alicyclic amines) is 1. The molecule has 1 N–H and O–H groups in total. The number of benzene rings is 2. The lowest BCUT2D eigenvalue weighted by Gasteiger charge is -2.39. The summed E-state index contributed by atoms with van der Waals surface area (Å²) in [7, 11) is 0. The Morgan fingerprint density at radius 1 is 1.04 bits per heavy atom. The van der Waals surface area contributed by atoms with Crippen molar-refractivity contribution in [2.75, 3.05) is 19.6 Å². The highest BCUT2D eigenvalue weighted by Gasteiger charge is 2.35. The molecule has 1 heterocycles. The lowest BCUT2D eigenvalue weighted by Crippen LogP contribution is -2.43. The molecular formula is C21H23Cl2NO2. The zero-order valence-corrected chi connectivity index (χ0v) is 16.1. The van der Waals surface area contributed by atoms with Crippen LogP contribution in [0.2, 0.25) is 10.0 Å². The molecule has 2 aromatic rings. The molecule has 0 aromatic heterocycles. The van der Waals surface area contributed by atoms with Gasteiger partial charge in [0.1, 0.15) is 0 Å². The summed E-state index contributed by atoms with van der Waals surface area (Å²) in [5.74, 6) is 0.145. The fourth-order valence-electron chi connectivity index (χ4n) is 3.50. The molecule has 2 aromatic carbocycles. The van der Waals surface area contributed by atoms with E-state index in [-0.39, 0.29) is 5.78 Å². The topological polar surface area (TPSA) is 40.5 Å². The molecule has 0 amide bonds. The SMILES string of the molecule is O=C(CCCN1CCC(O)(c2ccccc2Cl)CC1)c1ccc(Cl)cc1. The minimum atomic E-state index is -0.853. The van der Waals surface area contributed by atoms with Gasteiger partial charge in [-0.05, 0) is 56.1 Å². The number of nitrogens with zero attached hydrogens (tertiary/aromatic N) is 1. The van der Waals surface area contributed by atoms with E-state index in [9.17, 15) is 9.90 Å². The number of hydrogen-bond donors (Lipinski definition) is 1. The molecule has 1 aliphatic heterocycles. The first-order chi connectivity index (χ1) is 12.5. The van der Waals surface area contributed by atoms with Gasteiger partial charge in [-0.25, -0.2) is 0 Å². The second-order valence-electron chi connectivity index (χ2n) is 6.89. The fraction of sp³-hybridized carbons (Fsp3) is 0.381. The van der Waals surface area contributed by atoms with Gasteiger partial charge in [-0.15, -0.1) is 0 Å². The van der Waals surface area contributed by atoms with Crippen LogP contribution in [0.25, 0.3) is 0 Å². The van der Waals surface area contributed by atoms with Crippen molar-refractivity contribution in [3.8, 4) is 0 Å². The number of carbonyl (C=O) groups is 1. The molecule has 1 saturated heterocycles. The van der Waals surface area contributed by atoms with Crippen LogP contribution in [0.4, 0.5) is 0 Å². The number of piperidine rings is 1. The maximum atomic E-state index is 12.2. The van der Waals surface area contributed by atoms with Crippen LogP contribution in [0.1, 0.15) is 41.6 Å². The van der Waals surface area contributed by atoms with E-state index in [0.29, 0.717) is 34.9 Å². The predicted molar refractivity (Wildman–Crippen MR) is 106 cm³/mol. The molecule has 0 atom stereocenters.